The van der Waals surface area contributed by atoms with Gasteiger partial charge in [0.05, 0.1) is 10.6 Å². The second-order valence-corrected chi connectivity index (χ2v) is 11.1. The summed E-state index contributed by atoms with van der Waals surface area (Å²) in [4.78, 5) is 26.9. The molecule has 1 N–H and O–H groups in total. The van der Waals surface area contributed by atoms with E-state index in [4.69, 9.17) is 11.6 Å². The van der Waals surface area contributed by atoms with E-state index < -0.39 is 10.0 Å². The van der Waals surface area contributed by atoms with E-state index in [1.54, 1.807) is 36.4 Å². The van der Waals surface area contributed by atoms with Crippen LogP contribution >= 0.6 is 11.6 Å². The number of hydrogen-bond acceptors (Lipinski definition) is 4. The number of likely N-dealkylation sites (tertiary alicyclic amines) is 1. The van der Waals surface area contributed by atoms with E-state index in [1.807, 2.05) is 18.7 Å². The van der Waals surface area contributed by atoms with Crippen LogP contribution in [-0.4, -0.2) is 51.3 Å². The molecule has 1 fully saturated rings. The molecular weight excluding hydrogens is 462 g/mol. The monoisotopic (exact) mass is 491 g/mol. The zero-order chi connectivity index (χ0) is 24.2. The van der Waals surface area contributed by atoms with Gasteiger partial charge in [0.1, 0.15) is 0 Å². The minimum atomic E-state index is -3.87. The number of anilines is 1. The Hall–Kier alpha value is -2.58. The lowest BCUT2D eigenvalue weighted by molar-refractivity contribution is -0.133. The van der Waals surface area contributed by atoms with E-state index in [0.717, 1.165) is 4.31 Å². The highest BCUT2D eigenvalue weighted by molar-refractivity contribution is 7.92. The summed E-state index contributed by atoms with van der Waals surface area (Å²) in [6.07, 6.45) is 1.87. The smallest absolute Gasteiger partial charge is 0.264 e. The third kappa shape index (κ3) is 6.26. The van der Waals surface area contributed by atoms with Crippen LogP contribution in [0.25, 0.3) is 0 Å². The molecule has 9 heteroatoms. The number of benzene rings is 2. The molecule has 0 unspecified atom stereocenters. The van der Waals surface area contributed by atoms with Gasteiger partial charge in [-0.05, 0) is 55.2 Å². The van der Waals surface area contributed by atoms with E-state index in [9.17, 15) is 18.0 Å². The van der Waals surface area contributed by atoms with Crippen molar-refractivity contribution in [3.05, 3.63) is 59.1 Å². The van der Waals surface area contributed by atoms with Crippen LogP contribution in [0, 0.1) is 5.92 Å². The first-order valence-corrected chi connectivity index (χ1v) is 12.8. The quantitative estimate of drug-likeness (QED) is 0.635. The molecule has 0 saturated carbocycles. The number of hydrogen-bond donors (Lipinski definition) is 1. The molecule has 0 spiro atoms. The Morgan fingerprint density at radius 2 is 1.79 bits per heavy atom. The standard InChI is InChI=1S/C24H30ClN3O4S/c1-17(2)14-23(29)28-12-10-20(11-13-28)26-24(30)18-6-4-9-22(15-18)33(31,32)27(3)21-8-5-7-19(25)16-21/h4-9,15-17,20H,10-14H2,1-3H3,(H,26,30). The predicted octanol–water partition coefficient (Wildman–Crippen LogP) is 3.93. The van der Waals surface area contributed by atoms with Crippen LogP contribution < -0.4 is 9.62 Å². The fraction of sp³-hybridized carbons (Fsp3) is 0.417. The molecule has 3 rings (SSSR count). The molecule has 0 bridgehead atoms. The van der Waals surface area contributed by atoms with Crippen LogP contribution in [0.2, 0.25) is 5.02 Å². The van der Waals surface area contributed by atoms with Crippen molar-refractivity contribution in [1.29, 1.82) is 0 Å². The molecule has 33 heavy (non-hydrogen) atoms. The molecule has 2 aromatic rings. The number of piperidine rings is 1. The molecule has 7 nitrogen and oxygen atoms in total. The first-order valence-electron chi connectivity index (χ1n) is 11.0. The Balaban J connectivity index is 1.66. The number of halogens is 1. The summed E-state index contributed by atoms with van der Waals surface area (Å²) in [5.74, 6) is 0.136. The summed E-state index contributed by atoms with van der Waals surface area (Å²) >= 11 is 6.00. The summed E-state index contributed by atoms with van der Waals surface area (Å²) in [5, 5.41) is 3.41. The van der Waals surface area contributed by atoms with Crippen LogP contribution in [0.4, 0.5) is 5.69 Å². The van der Waals surface area contributed by atoms with Gasteiger partial charge in [0, 0.05) is 43.2 Å². The molecule has 1 saturated heterocycles. The SMILES string of the molecule is CC(C)CC(=O)N1CCC(NC(=O)c2cccc(S(=O)(=O)N(C)c3cccc(Cl)c3)c2)CC1. The second kappa shape index (κ2) is 10.6. The molecule has 2 amide bonds. The third-order valence-electron chi connectivity index (χ3n) is 5.69. The van der Waals surface area contributed by atoms with Crippen LogP contribution in [-0.2, 0) is 14.8 Å². The Bertz CT molecular complexity index is 1110. The van der Waals surface area contributed by atoms with Gasteiger partial charge in [0.15, 0.2) is 0 Å². The maximum atomic E-state index is 13.1. The van der Waals surface area contributed by atoms with E-state index in [0.29, 0.717) is 49.0 Å². The summed E-state index contributed by atoms with van der Waals surface area (Å²) in [6.45, 7) is 5.25. The minimum absolute atomic E-state index is 0.0201. The van der Waals surface area contributed by atoms with Gasteiger partial charge in [0.25, 0.3) is 15.9 Å². The maximum Gasteiger partial charge on any atom is 0.264 e. The number of nitrogens with zero attached hydrogens (tertiary/aromatic N) is 2. The highest BCUT2D eigenvalue weighted by atomic mass is 35.5. The van der Waals surface area contributed by atoms with Gasteiger partial charge in [-0.3, -0.25) is 13.9 Å². The van der Waals surface area contributed by atoms with E-state index in [1.165, 1.54) is 19.2 Å². The van der Waals surface area contributed by atoms with Gasteiger partial charge in [-0.25, -0.2) is 8.42 Å². The number of carbonyl (C=O) groups excluding carboxylic acids is 2. The molecule has 1 heterocycles. The summed E-state index contributed by atoms with van der Waals surface area (Å²) in [7, 11) is -2.43. The summed E-state index contributed by atoms with van der Waals surface area (Å²) in [6, 6.07) is 12.5. The Labute approximate surface area is 200 Å². The van der Waals surface area contributed by atoms with Gasteiger partial charge < -0.3 is 10.2 Å². The van der Waals surface area contributed by atoms with Crippen LogP contribution in [0.5, 0.6) is 0 Å². The maximum absolute atomic E-state index is 13.1. The number of carbonyl (C=O) groups is 2. The number of rotatable bonds is 7. The Morgan fingerprint density at radius 3 is 2.42 bits per heavy atom. The number of nitrogens with one attached hydrogen (secondary N) is 1. The van der Waals surface area contributed by atoms with Crippen molar-refractivity contribution in [2.75, 3.05) is 24.4 Å². The van der Waals surface area contributed by atoms with Crippen LogP contribution in [0.3, 0.4) is 0 Å². The number of sulfonamides is 1. The molecule has 0 atom stereocenters. The lowest BCUT2D eigenvalue weighted by atomic mass is 10.0. The van der Waals surface area contributed by atoms with Crippen LogP contribution in [0.15, 0.2) is 53.4 Å². The van der Waals surface area contributed by atoms with Crippen LogP contribution in [0.1, 0.15) is 43.5 Å². The van der Waals surface area contributed by atoms with Crippen molar-refractivity contribution < 1.29 is 18.0 Å². The minimum Gasteiger partial charge on any atom is -0.349 e. The molecule has 2 aromatic carbocycles. The van der Waals surface area contributed by atoms with Gasteiger partial charge in [0.2, 0.25) is 5.91 Å². The average Bonchev–Trinajstić information content (AvgIpc) is 2.78. The van der Waals surface area contributed by atoms with Crippen molar-refractivity contribution >= 4 is 39.1 Å². The normalized spacial score (nSPS) is 14.9. The highest BCUT2D eigenvalue weighted by Gasteiger charge is 2.26. The zero-order valence-corrected chi connectivity index (χ0v) is 20.7. The molecule has 178 valence electrons. The zero-order valence-electron chi connectivity index (χ0n) is 19.1. The second-order valence-electron chi connectivity index (χ2n) is 8.71. The van der Waals surface area contributed by atoms with Gasteiger partial charge in [-0.15, -0.1) is 0 Å². The van der Waals surface area contributed by atoms with Gasteiger partial charge in [-0.1, -0.05) is 37.6 Å². The Kier molecular flexibility index (Phi) is 8.02. The van der Waals surface area contributed by atoms with Gasteiger partial charge >= 0.3 is 0 Å². The molecule has 0 aromatic heterocycles. The van der Waals surface area contributed by atoms with Gasteiger partial charge in [-0.2, -0.15) is 0 Å². The lowest BCUT2D eigenvalue weighted by Gasteiger charge is -2.33. The average molecular weight is 492 g/mol. The molecular formula is C24H30ClN3O4S. The first-order chi connectivity index (χ1) is 15.6. The lowest BCUT2D eigenvalue weighted by Crippen LogP contribution is -2.46. The summed E-state index contributed by atoms with van der Waals surface area (Å²) in [5.41, 5.74) is 0.699. The fourth-order valence-corrected chi connectivity index (χ4v) is 5.21. The highest BCUT2D eigenvalue weighted by Crippen LogP contribution is 2.25. The fourth-order valence-electron chi connectivity index (χ4n) is 3.79. The Morgan fingerprint density at radius 1 is 1.12 bits per heavy atom. The topological polar surface area (TPSA) is 86.8 Å². The van der Waals surface area contributed by atoms with Crippen molar-refractivity contribution in [3.8, 4) is 0 Å². The van der Waals surface area contributed by atoms with E-state index in [-0.39, 0.29) is 28.3 Å². The molecule has 1 aliphatic rings. The summed E-state index contributed by atoms with van der Waals surface area (Å²) < 4.78 is 27.3. The van der Waals surface area contributed by atoms with E-state index >= 15 is 0 Å². The molecule has 1 aliphatic heterocycles. The van der Waals surface area contributed by atoms with E-state index in [2.05, 4.69) is 5.32 Å². The number of amides is 2. The first kappa shape index (κ1) is 25.1. The van der Waals surface area contributed by atoms with Crippen molar-refractivity contribution in [2.24, 2.45) is 5.92 Å². The van der Waals surface area contributed by atoms with Crippen molar-refractivity contribution in [2.45, 2.75) is 44.0 Å². The predicted molar refractivity (Wildman–Crippen MR) is 130 cm³/mol. The largest absolute Gasteiger partial charge is 0.349 e. The van der Waals surface area contributed by atoms with Crippen molar-refractivity contribution in [1.82, 2.24) is 10.2 Å². The third-order valence-corrected chi connectivity index (χ3v) is 7.71. The molecule has 0 aliphatic carbocycles. The van der Waals surface area contributed by atoms with Crippen molar-refractivity contribution in [3.63, 3.8) is 0 Å². The molecule has 0 radical (unpaired) electrons.